The summed E-state index contributed by atoms with van der Waals surface area (Å²) in [6.07, 6.45) is 87.5. The molecule has 0 aliphatic rings. The molecule has 0 saturated heterocycles. The minimum Gasteiger partial charge on any atom is -0.462 e. The molecule has 0 aromatic rings. The van der Waals surface area contributed by atoms with Crippen molar-refractivity contribution in [3.8, 4) is 0 Å². The van der Waals surface area contributed by atoms with E-state index >= 15 is 0 Å². The van der Waals surface area contributed by atoms with Gasteiger partial charge in [0, 0.05) is 19.3 Å². The number of esters is 3. The van der Waals surface area contributed by atoms with Gasteiger partial charge in [-0.2, -0.15) is 0 Å². The highest BCUT2D eigenvalue weighted by molar-refractivity contribution is 5.71. The van der Waals surface area contributed by atoms with Gasteiger partial charge in [-0.1, -0.05) is 251 Å². The van der Waals surface area contributed by atoms with Gasteiger partial charge in [0.1, 0.15) is 13.2 Å². The molecule has 6 heteroatoms. The highest BCUT2D eigenvalue weighted by atomic mass is 16.6. The summed E-state index contributed by atoms with van der Waals surface area (Å²) in [6.45, 7) is 6.30. The Hall–Kier alpha value is -4.45. The van der Waals surface area contributed by atoms with Crippen LogP contribution in [0.1, 0.15) is 265 Å². The molecule has 0 radical (unpaired) electrons. The van der Waals surface area contributed by atoms with Crippen LogP contribution in [-0.2, 0) is 28.6 Å². The predicted molar refractivity (Wildman–Crippen MR) is 325 cm³/mol. The molecule has 0 heterocycles. The van der Waals surface area contributed by atoms with E-state index in [0.29, 0.717) is 12.8 Å². The van der Waals surface area contributed by atoms with Crippen molar-refractivity contribution in [3.63, 3.8) is 0 Å². The van der Waals surface area contributed by atoms with E-state index in [1.807, 2.05) is 0 Å². The molecular weight excluding hydrogens is 925 g/mol. The fourth-order valence-electron chi connectivity index (χ4n) is 8.09. The van der Waals surface area contributed by atoms with Gasteiger partial charge in [0.25, 0.3) is 0 Å². The zero-order valence-electron chi connectivity index (χ0n) is 48.5. The van der Waals surface area contributed by atoms with Crippen LogP contribution in [0.3, 0.4) is 0 Å². The van der Waals surface area contributed by atoms with Crippen molar-refractivity contribution in [3.05, 3.63) is 134 Å². The lowest BCUT2D eigenvalue weighted by Gasteiger charge is -2.18. The minimum absolute atomic E-state index is 0.0983. The summed E-state index contributed by atoms with van der Waals surface area (Å²) in [5, 5.41) is 0. The number of unbranched alkanes of at least 4 members (excludes halogenated alkanes) is 21. The Morgan fingerprint density at radius 3 is 0.827 bits per heavy atom. The quantitative estimate of drug-likeness (QED) is 0.0261. The Balaban J connectivity index is 4.24. The van der Waals surface area contributed by atoms with Crippen molar-refractivity contribution in [2.24, 2.45) is 0 Å². The fourth-order valence-corrected chi connectivity index (χ4v) is 8.09. The first-order chi connectivity index (χ1) is 37.0. The summed E-state index contributed by atoms with van der Waals surface area (Å²) >= 11 is 0. The summed E-state index contributed by atoms with van der Waals surface area (Å²) < 4.78 is 16.8. The molecule has 1 atom stereocenters. The standard InChI is InChI=1S/C69H112O6/c1-4-7-10-13-16-19-22-25-26-27-28-29-30-31-32-33-34-35-36-37-38-39-40-41-42-45-47-50-53-56-59-62-68(71)74-65-66(75-69(72)63-60-57-54-51-48-44-24-21-18-15-12-9-6-3)64-73-67(70)61-58-55-52-49-46-43-23-20-17-14-11-8-5-2/h7,9-12,14,16,18-21,23,25-26,28-29,31-32,34-35,44,48,66H,4-6,8,13,15,17,22,24,27,30,33,36-43,45-47,49-65H2,1-3H3/b10-7-,12-9-,14-11-,19-16-,21-18-,23-20-,26-25-,29-28-,32-31-,35-34-,48-44-. The second-order valence-corrected chi connectivity index (χ2v) is 19.8. The van der Waals surface area contributed by atoms with Crippen LogP contribution in [-0.4, -0.2) is 37.2 Å². The molecule has 0 bridgehead atoms. The topological polar surface area (TPSA) is 78.9 Å². The van der Waals surface area contributed by atoms with Crippen LogP contribution < -0.4 is 0 Å². The van der Waals surface area contributed by atoms with Crippen LogP contribution in [0.2, 0.25) is 0 Å². The highest BCUT2D eigenvalue weighted by Gasteiger charge is 2.19. The molecule has 0 amide bonds. The molecule has 1 unspecified atom stereocenters. The number of allylic oxidation sites excluding steroid dienone is 22. The maximum Gasteiger partial charge on any atom is 0.306 e. The second-order valence-electron chi connectivity index (χ2n) is 19.8. The minimum atomic E-state index is -0.803. The molecule has 0 N–H and O–H groups in total. The number of hydrogen-bond donors (Lipinski definition) is 0. The van der Waals surface area contributed by atoms with Crippen molar-refractivity contribution >= 4 is 17.9 Å². The summed E-state index contributed by atoms with van der Waals surface area (Å²) in [7, 11) is 0. The van der Waals surface area contributed by atoms with Crippen LogP contribution in [0.25, 0.3) is 0 Å². The monoisotopic (exact) mass is 1040 g/mol. The Morgan fingerprint density at radius 1 is 0.280 bits per heavy atom. The van der Waals surface area contributed by atoms with Gasteiger partial charge in [0.2, 0.25) is 0 Å². The zero-order valence-corrected chi connectivity index (χ0v) is 48.5. The molecule has 0 aliphatic carbocycles. The Morgan fingerprint density at radius 2 is 0.520 bits per heavy atom. The summed E-state index contributed by atoms with van der Waals surface area (Å²) in [6, 6.07) is 0. The smallest absolute Gasteiger partial charge is 0.306 e. The van der Waals surface area contributed by atoms with E-state index < -0.39 is 6.10 Å². The molecule has 0 aliphatic heterocycles. The third kappa shape index (κ3) is 60.3. The first kappa shape index (κ1) is 70.5. The first-order valence-corrected chi connectivity index (χ1v) is 30.7. The molecule has 0 saturated carbocycles. The third-order valence-corrected chi connectivity index (χ3v) is 12.6. The van der Waals surface area contributed by atoms with Crippen LogP contribution >= 0.6 is 0 Å². The van der Waals surface area contributed by atoms with Gasteiger partial charge in [-0.25, -0.2) is 0 Å². The summed E-state index contributed by atoms with van der Waals surface area (Å²) in [5.41, 5.74) is 0. The average Bonchev–Trinajstić information content (AvgIpc) is 3.41. The average molecular weight is 1040 g/mol. The van der Waals surface area contributed by atoms with Gasteiger partial charge < -0.3 is 14.2 Å². The maximum atomic E-state index is 12.8. The number of carbonyl (C=O) groups is 3. The number of carbonyl (C=O) groups excluding carboxylic acids is 3. The zero-order chi connectivity index (χ0) is 54.3. The molecular formula is C69H112O6. The Bertz CT molecular complexity index is 1620. The second kappa shape index (κ2) is 62.1. The van der Waals surface area contributed by atoms with Gasteiger partial charge in [-0.05, 0) is 128 Å². The SMILES string of the molecule is CC/C=C\C/C=C\C/C=C\C/C=C\C/C=C\C/C=C\CCCCCCCCCCCCCCC(=O)OCC(COC(=O)CCCCCCC/C=C\C/C=C\CCC)OC(=O)CCCCC/C=C\C/C=C\C/C=C\CC. The van der Waals surface area contributed by atoms with Gasteiger partial charge in [-0.3, -0.25) is 14.4 Å². The van der Waals surface area contributed by atoms with E-state index in [0.717, 1.165) is 154 Å². The predicted octanol–water partition coefficient (Wildman–Crippen LogP) is 21.0. The van der Waals surface area contributed by atoms with E-state index in [4.69, 9.17) is 14.2 Å². The number of ether oxygens (including phenoxy) is 3. The molecule has 0 aromatic heterocycles. The van der Waals surface area contributed by atoms with E-state index in [-0.39, 0.29) is 37.5 Å². The van der Waals surface area contributed by atoms with Crippen LogP contribution in [0.5, 0.6) is 0 Å². The van der Waals surface area contributed by atoms with Crippen molar-refractivity contribution < 1.29 is 28.6 Å². The van der Waals surface area contributed by atoms with E-state index in [2.05, 4.69) is 154 Å². The van der Waals surface area contributed by atoms with Crippen LogP contribution in [0.4, 0.5) is 0 Å². The van der Waals surface area contributed by atoms with Crippen molar-refractivity contribution in [1.29, 1.82) is 0 Å². The molecule has 6 nitrogen and oxygen atoms in total. The first-order valence-electron chi connectivity index (χ1n) is 30.7. The summed E-state index contributed by atoms with van der Waals surface area (Å²) in [4.78, 5) is 38.1. The van der Waals surface area contributed by atoms with Crippen LogP contribution in [0.15, 0.2) is 134 Å². The lowest BCUT2D eigenvalue weighted by molar-refractivity contribution is -0.167. The van der Waals surface area contributed by atoms with Gasteiger partial charge >= 0.3 is 17.9 Å². The lowest BCUT2D eigenvalue weighted by Crippen LogP contribution is -2.30. The molecule has 424 valence electrons. The number of hydrogen-bond acceptors (Lipinski definition) is 6. The van der Waals surface area contributed by atoms with Gasteiger partial charge in [-0.15, -0.1) is 0 Å². The molecule has 0 spiro atoms. The van der Waals surface area contributed by atoms with Gasteiger partial charge in [0.15, 0.2) is 6.10 Å². The molecule has 0 fully saturated rings. The molecule has 0 rings (SSSR count). The normalized spacial score (nSPS) is 13.1. The largest absolute Gasteiger partial charge is 0.462 e. The van der Waals surface area contributed by atoms with E-state index in [9.17, 15) is 14.4 Å². The fraction of sp³-hybridized carbons (Fsp3) is 0.638. The van der Waals surface area contributed by atoms with Crippen molar-refractivity contribution in [1.82, 2.24) is 0 Å². The lowest BCUT2D eigenvalue weighted by atomic mass is 10.0. The highest BCUT2D eigenvalue weighted by Crippen LogP contribution is 2.15. The van der Waals surface area contributed by atoms with Crippen LogP contribution in [0, 0.1) is 0 Å². The molecule has 75 heavy (non-hydrogen) atoms. The summed E-state index contributed by atoms with van der Waals surface area (Å²) in [5.74, 6) is -0.946. The Labute approximate surface area is 462 Å². The third-order valence-electron chi connectivity index (χ3n) is 12.6. The number of rotatable bonds is 54. The van der Waals surface area contributed by atoms with E-state index in [1.54, 1.807) is 0 Å². The Kier molecular flexibility index (Phi) is 58.4. The van der Waals surface area contributed by atoms with Gasteiger partial charge in [0.05, 0.1) is 0 Å². The van der Waals surface area contributed by atoms with Crippen molar-refractivity contribution in [2.45, 2.75) is 271 Å². The maximum absolute atomic E-state index is 12.8. The van der Waals surface area contributed by atoms with Crippen molar-refractivity contribution in [2.75, 3.05) is 13.2 Å². The van der Waals surface area contributed by atoms with E-state index in [1.165, 1.54) is 70.6 Å². The molecule has 0 aromatic carbocycles.